The van der Waals surface area contributed by atoms with E-state index in [4.69, 9.17) is 32.9 Å². The summed E-state index contributed by atoms with van der Waals surface area (Å²) in [6, 6.07) is 22.7. The Bertz CT molecular complexity index is 2120. The minimum atomic E-state index is -1.37. The lowest BCUT2D eigenvalue weighted by atomic mass is 9.70. The summed E-state index contributed by atoms with van der Waals surface area (Å²) in [5.41, 5.74) is 2.58. The van der Waals surface area contributed by atoms with Crippen molar-refractivity contribution in [3.63, 3.8) is 0 Å². The maximum Gasteiger partial charge on any atom is 0.335 e. The van der Waals surface area contributed by atoms with Gasteiger partial charge in [-0.3, -0.25) is 9.69 Å². The molecule has 47 heavy (non-hydrogen) atoms. The molecular formula is C36H29Cl2FN4O4. The van der Waals surface area contributed by atoms with Gasteiger partial charge in [0.15, 0.2) is 0 Å². The van der Waals surface area contributed by atoms with Gasteiger partial charge in [-0.25, -0.2) is 14.2 Å². The van der Waals surface area contributed by atoms with Crippen molar-refractivity contribution in [2.45, 2.75) is 49.9 Å². The Hall–Kier alpha value is -4.44. The van der Waals surface area contributed by atoms with Crippen molar-refractivity contribution in [3.8, 4) is 5.75 Å². The van der Waals surface area contributed by atoms with Crippen LogP contribution < -0.4 is 10.1 Å². The molecule has 8 rings (SSSR count). The molecule has 1 spiro atoms. The number of carbonyl (C=O) groups is 2. The van der Waals surface area contributed by atoms with Crippen molar-refractivity contribution in [1.29, 1.82) is 0 Å². The van der Waals surface area contributed by atoms with Crippen molar-refractivity contribution in [2.24, 2.45) is 0 Å². The van der Waals surface area contributed by atoms with Crippen molar-refractivity contribution in [1.82, 2.24) is 14.5 Å². The summed E-state index contributed by atoms with van der Waals surface area (Å²) in [6.45, 7) is 3.37. The zero-order valence-electron chi connectivity index (χ0n) is 25.2. The van der Waals surface area contributed by atoms with Crippen LogP contribution >= 0.6 is 23.2 Å². The number of aryl methyl sites for hydroxylation is 1. The smallest absolute Gasteiger partial charge is 0.335 e. The number of nitrogens with one attached hydrogen (secondary N) is 1. The van der Waals surface area contributed by atoms with Gasteiger partial charge in [0.05, 0.1) is 28.2 Å². The summed E-state index contributed by atoms with van der Waals surface area (Å²) in [4.78, 5) is 33.9. The third-order valence-corrected chi connectivity index (χ3v) is 10.4. The fourth-order valence-electron chi connectivity index (χ4n) is 8.21. The highest BCUT2D eigenvalue weighted by Crippen LogP contribution is 2.64. The van der Waals surface area contributed by atoms with E-state index in [0.717, 1.165) is 16.8 Å². The first-order valence-corrected chi connectivity index (χ1v) is 16.2. The van der Waals surface area contributed by atoms with Gasteiger partial charge in [0.1, 0.15) is 22.9 Å². The van der Waals surface area contributed by atoms with Gasteiger partial charge < -0.3 is 19.7 Å². The minimum absolute atomic E-state index is 0.0396. The molecule has 4 atom stereocenters. The number of halogens is 3. The Kier molecular flexibility index (Phi) is 7.05. The molecule has 4 aromatic carbocycles. The Morgan fingerprint density at radius 3 is 2.74 bits per heavy atom. The van der Waals surface area contributed by atoms with Gasteiger partial charge in [0.25, 0.3) is 0 Å². The zero-order chi connectivity index (χ0) is 32.6. The summed E-state index contributed by atoms with van der Waals surface area (Å²) in [7, 11) is 0. The number of carboxylic acid groups (broad SMARTS) is 1. The second-order valence-corrected chi connectivity index (χ2v) is 13.1. The van der Waals surface area contributed by atoms with Gasteiger partial charge in [-0.2, -0.15) is 0 Å². The fourth-order valence-corrected chi connectivity index (χ4v) is 8.56. The summed E-state index contributed by atoms with van der Waals surface area (Å²) in [6.07, 6.45) is 0.631. The number of hydrogen-bond acceptors (Lipinski definition) is 5. The highest BCUT2D eigenvalue weighted by molar-refractivity contribution is 6.31. The number of aromatic carboxylic acids is 1. The van der Waals surface area contributed by atoms with E-state index in [1.165, 1.54) is 6.07 Å². The number of imidazole rings is 1. The molecule has 1 saturated heterocycles. The standard InChI is InChI=1S/C36H29Cl2FN4O4/c1-2-47-22-6-3-5-19(15-22)18-43-29-13-14-42-28-12-9-20(34(44)45)16-27(28)40-33(42)30(29)31(23-7-4-8-25(38)32(23)39)36(43)24-11-10-21(37)17-26(24)41-35(36)46/h3-12,15-17,29-31H,2,13-14,18H2,1H3,(H,41,46)(H,44,45)/t29-,30+,31-,36+/m1/s1. The molecule has 0 saturated carbocycles. The van der Waals surface area contributed by atoms with Gasteiger partial charge in [-0.1, -0.05) is 53.5 Å². The lowest BCUT2D eigenvalue weighted by molar-refractivity contribution is -0.128. The average molecular weight is 672 g/mol. The first kappa shape index (κ1) is 29.9. The number of carbonyl (C=O) groups excluding carboxylic acids is 1. The van der Waals surface area contributed by atoms with E-state index in [0.29, 0.717) is 59.3 Å². The SMILES string of the molecule is CCOc1cccc(CN2[C@@H]3CCn4c(nc5cc(C(=O)O)ccc54)[C@@H]3[C@@H](c3cccc(Cl)c3F)[C@@]23C(=O)Nc2cc(Cl)ccc23)c1. The van der Waals surface area contributed by atoms with Crippen LogP contribution in [0.5, 0.6) is 5.75 Å². The Morgan fingerprint density at radius 2 is 1.94 bits per heavy atom. The van der Waals surface area contributed by atoms with Gasteiger partial charge in [0, 0.05) is 47.2 Å². The average Bonchev–Trinajstić information content (AvgIpc) is 3.66. The highest BCUT2D eigenvalue weighted by Gasteiger charge is 2.68. The highest BCUT2D eigenvalue weighted by atomic mass is 35.5. The Balaban J connectivity index is 1.42. The number of benzene rings is 4. The molecule has 1 amide bonds. The summed E-state index contributed by atoms with van der Waals surface area (Å²) < 4.78 is 24.3. The van der Waals surface area contributed by atoms with Crippen molar-refractivity contribution < 1.29 is 23.8 Å². The predicted molar refractivity (Wildman–Crippen MR) is 177 cm³/mol. The molecule has 3 aliphatic heterocycles. The fraction of sp³-hybridized carbons (Fsp3) is 0.250. The molecule has 238 valence electrons. The van der Waals surface area contributed by atoms with Gasteiger partial charge in [0.2, 0.25) is 5.91 Å². The molecule has 2 N–H and O–H groups in total. The first-order valence-electron chi connectivity index (χ1n) is 15.5. The first-order chi connectivity index (χ1) is 22.7. The number of hydrogen-bond donors (Lipinski definition) is 2. The monoisotopic (exact) mass is 670 g/mol. The number of fused-ring (bicyclic) bond motifs is 7. The molecule has 0 bridgehead atoms. The lowest BCUT2D eigenvalue weighted by Crippen LogP contribution is -2.51. The number of nitrogens with zero attached hydrogens (tertiary/aromatic N) is 3. The maximum absolute atomic E-state index is 16.4. The van der Waals surface area contributed by atoms with Crippen LogP contribution in [-0.4, -0.2) is 44.1 Å². The molecular weight excluding hydrogens is 642 g/mol. The molecule has 4 heterocycles. The van der Waals surface area contributed by atoms with Crippen LogP contribution in [0.1, 0.15) is 58.1 Å². The molecule has 0 aliphatic carbocycles. The van der Waals surface area contributed by atoms with Crippen LogP contribution in [0.15, 0.2) is 78.9 Å². The van der Waals surface area contributed by atoms with Crippen LogP contribution in [0.4, 0.5) is 10.1 Å². The van der Waals surface area contributed by atoms with E-state index >= 15 is 4.39 Å². The van der Waals surface area contributed by atoms with Gasteiger partial charge in [-0.05, 0) is 73.0 Å². The van der Waals surface area contributed by atoms with Crippen LogP contribution in [0.3, 0.4) is 0 Å². The molecule has 5 aromatic rings. The number of amides is 1. The third-order valence-electron chi connectivity index (χ3n) is 9.91. The molecule has 1 fully saturated rings. The topological polar surface area (TPSA) is 96.7 Å². The lowest BCUT2D eigenvalue weighted by Gasteiger charge is -2.40. The molecule has 1 aromatic heterocycles. The summed E-state index contributed by atoms with van der Waals surface area (Å²) >= 11 is 12.9. The zero-order valence-corrected chi connectivity index (χ0v) is 26.7. The normalized spacial score (nSPS) is 23.1. The molecule has 3 aliphatic rings. The number of likely N-dealkylation sites (tertiary alicyclic amines) is 1. The number of ether oxygens (including phenoxy) is 1. The summed E-state index contributed by atoms with van der Waals surface area (Å²) in [5, 5.41) is 13.2. The van der Waals surface area contributed by atoms with E-state index in [2.05, 4.69) is 14.8 Å². The van der Waals surface area contributed by atoms with Crippen LogP contribution in [-0.2, 0) is 23.4 Å². The van der Waals surface area contributed by atoms with Crippen molar-refractivity contribution in [3.05, 3.63) is 123 Å². The second-order valence-electron chi connectivity index (χ2n) is 12.3. The van der Waals surface area contributed by atoms with Crippen LogP contribution in [0, 0.1) is 5.82 Å². The molecule has 11 heteroatoms. The minimum Gasteiger partial charge on any atom is -0.494 e. The molecule has 8 nitrogen and oxygen atoms in total. The van der Waals surface area contributed by atoms with E-state index in [1.807, 2.05) is 37.3 Å². The molecule has 0 unspecified atom stereocenters. The Morgan fingerprint density at radius 1 is 1.11 bits per heavy atom. The third kappa shape index (κ3) is 4.40. The number of carboxylic acids is 1. The van der Waals surface area contributed by atoms with E-state index in [1.54, 1.807) is 42.5 Å². The van der Waals surface area contributed by atoms with Crippen molar-refractivity contribution in [2.75, 3.05) is 11.9 Å². The van der Waals surface area contributed by atoms with Crippen LogP contribution in [0.2, 0.25) is 10.0 Å². The number of rotatable bonds is 6. The van der Waals surface area contributed by atoms with E-state index in [-0.39, 0.29) is 22.5 Å². The van der Waals surface area contributed by atoms with E-state index < -0.39 is 29.2 Å². The second kappa shape index (κ2) is 11.1. The summed E-state index contributed by atoms with van der Waals surface area (Å²) in [5.74, 6) is -1.77. The van der Waals surface area contributed by atoms with E-state index in [9.17, 15) is 14.7 Å². The number of anilines is 1. The quantitative estimate of drug-likeness (QED) is 0.193. The maximum atomic E-state index is 16.4. The molecule has 0 radical (unpaired) electrons. The predicted octanol–water partition coefficient (Wildman–Crippen LogP) is 7.58. The van der Waals surface area contributed by atoms with Gasteiger partial charge >= 0.3 is 5.97 Å². The number of aromatic nitrogens is 2. The largest absolute Gasteiger partial charge is 0.494 e. The van der Waals surface area contributed by atoms with Gasteiger partial charge in [-0.15, -0.1) is 0 Å². The van der Waals surface area contributed by atoms with Crippen molar-refractivity contribution >= 4 is 51.8 Å². The van der Waals surface area contributed by atoms with Crippen LogP contribution in [0.25, 0.3) is 11.0 Å². The Labute approximate surface area is 279 Å².